The summed E-state index contributed by atoms with van der Waals surface area (Å²) in [6.07, 6.45) is 6.84. The number of fused-ring (bicyclic) bond motifs is 2. The van der Waals surface area contributed by atoms with Crippen molar-refractivity contribution in [2.45, 2.75) is 0 Å². The summed E-state index contributed by atoms with van der Waals surface area (Å²) in [7, 11) is 1.36. The van der Waals surface area contributed by atoms with Crippen molar-refractivity contribution < 1.29 is 9.53 Å². The zero-order valence-electron chi connectivity index (χ0n) is 15.9. The Balaban J connectivity index is 1.83. The fourth-order valence-electron chi connectivity index (χ4n) is 3.62. The molecule has 0 spiro atoms. The molecular formula is C23H15ClN4O2. The second kappa shape index (κ2) is 7.24. The van der Waals surface area contributed by atoms with Gasteiger partial charge in [0.1, 0.15) is 11.8 Å². The monoisotopic (exact) mass is 414 g/mol. The minimum atomic E-state index is -0.441. The van der Waals surface area contributed by atoms with E-state index in [0.717, 1.165) is 27.7 Å². The predicted molar refractivity (Wildman–Crippen MR) is 116 cm³/mol. The highest BCUT2D eigenvalue weighted by Gasteiger charge is 2.18. The molecule has 3 heterocycles. The molecule has 3 aromatic heterocycles. The van der Waals surface area contributed by atoms with Gasteiger partial charge in [-0.3, -0.25) is 14.5 Å². The SMILES string of the molecule is COC(=O)c1cc(-c2ccncc2)cc2c1ncn2-c1ccnc2c(Cl)cccc12. The van der Waals surface area contributed by atoms with Crippen LogP contribution in [0.2, 0.25) is 5.02 Å². The number of hydrogen-bond donors (Lipinski definition) is 0. The van der Waals surface area contributed by atoms with Crippen LogP contribution in [0.5, 0.6) is 0 Å². The lowest BCUT2D eigenvalue weighted by atomic mass is 10.0. The van der Waals surface area contributed by atoms with Crippen LogP contribution in [0, 0.1) is 0 Å². The molecule has 2 aromatic carbocycles. The lowest BCUT2D eigenvalue weighted by Gasteiger charge is -2.11. The van der Waals surface area contributed by atoms with Gasteiger partial charge in [-0.2, -0.15) is 0 Å². The molecule has 30 heavy (non-hydrogen) atoms. The molecular weight excluding hydrogens is 400 g/mol. The van der Waals surface area contributed by atoms with Crippen molar-refractivity contribution in [3.8, 4) is 16.8 Å². The van der Waals surface area contributed by atoms with Gasteiger partial charge in [0.15, 0.2) is 0 Å². The Labute approximate surface area is 176 Å². The number of imidazole rings is 1. The Bertz CT molecular complexity index is 1410. The molecule has 0 N–H and O–H groups in total. The van der Waals surface area contributed by atoms with Gasteiger partial charge in [-0.05, 0) is 47.5 Å². The van der Waals surface area contributed by atoms with Crippen LogP contribution in [0.4, 0.5) is 0 Å². The Morgan fingerprint density at radius 3 is 2.60 bits per heavy atom. The molecule has 0 saturated carbocycles. The molecule has 0 aliphatic rings. The molecule has 0 unspecified atom stereocenters. The van der Waals surface area contributed by atoms with Gasteiger partial charge in [0.25, 0.3) is 0 Å². The first-order valence-corrected chi connectivity index (χ1v) is 9.58. The minimum Gasteiger partial charge on any atom is -0.465 e. The van der Waals surface area contributed by atoms with E-state index in [0.29, 0.717) is 21.6 Å². The van der Waals surface area contributed by atoms with Gasteiger partial charge >= 0.3 is 5.97 Å². The predicted octanol–water partition coefficient (Wildman–Crippen LogP) is 5.08. The summed E-state index contributed by atoms with van der Waals surface area (Å²) in [6, 6.07) is 15.1. The number of halogens is 1. The average molecular weight is 415 g/mol. The van der Waals surface area contributed by atoms with E-state index in [1.165, 1.54) is 7.11 Å². The van der Waals surface area contributed by atoms with Crippen LogP contribution in [-0.4, -0.2) is 32.6 Å². The highest BCUT2D eigenvalue weighted by molar-refractivity contribution is 6.35. The van der Waals surface area contributed by atoms with Crippen molar-refractivity contribution in [2.75, 3.05) is 7.11 Å². The van der Waals surface area contributed by atoms with Gasteiger partial charge < -0.3 is 4.74 Å². The molecule has 7 heteroatoms. The third kappa shape index (κ3) is 2.89. The number of para-hydroxylation sites is 1. The number of carbonyl (C=O) groups excluding carboxylic acids is 1. The summed E-state index contributed by atoms with van der Waals surface area (Å²) in [6.45, 7) is 0. The van der Waals surface area contributed by atoms with E-state index in [1.807, 2.05) is 47.0 Å². The first-order valence-electron chi connectivity index (χ1n) is 9.21. The summed E-state index contributed by atoms with van der Waals surface area (Å²) >= 11 is 6.35. The van der Waals surface area contributed by atoms with E-state index in [9.17, 15) is 4.79 Å². The molecule has 0 bridgehead atoms. The second-order valence-corrected chi connectivity index (χ2v) is 7.11. The Kier molecular flexibility index (Phi) is 4.41. The summed E-state index contributed by atoms with van der Waals surface area (Å²) in [5.41, 5.74) is 5.11. The molecule has 0 fully saturated rings. The molecule has 6 nitrogen and oxygen atoms in total. The van der Waals surface area contributed by atoms with Crippen LogP contribution in [-0.2, 0) is 4.74 Å². The number of methoxy groups -OCH3 is 1. The molecule has 0 radical (unpaired) electrons. The fraction of sp³-hybridized carbons (Fsp3) is 0.0435. The third-order valence-corrected chi connectivity index (χ3v) is 5.33. The second-order valence-electron chi connectivity index (χ2n) is 6.70. The molecule has 146 valence electrons. The maximum atomic E-state index is 12.5. The van der Waals surface area contributed by atoms with Crippen molar-refractivity contribution in [1.29, 1.82) is 0 Å². The van der Waals surface area contributed by atoms with Gasteiger partial charge in [-0.1, -0.05) is 23.7 Å². The molecule has 5 rings (SSSR count). The Hall–Kier alpha value is -3.77. The van der Waals surface area contributed by atoms with Crippen LogP contribution in [0.1, 0.15) is 10.4 Å². The average Bonchev–Trinajstić information content (AvgIpc) is 3.22. The van der Waals surface area contributed by atoms with Gasteiger partial charge in [0, 0.05) is 24.0 Å². The van der Waals surface area contributed by atoms with Crippen molar-refractivity contribution in [3.63, 3.8) is 0 Å². The van der Waals surface area contributed by atoms with E-state index < -0.39 is 5.97 Å². The zero-order valence-corrected chi connectivity index (χ0v) is 16.7. The summed E-state index contributed by atoms with van der Waals surface area (Å²) in [5, 5.41) is 1.46. The first kappa shape index (κ1) is 18.3. The van der Waals surface area contributed by atoms with Crippen LogP contribution in [0.15, 0.2) is 73.4 Å². The number of benzene rings is 2. The number of rotatable bonds is 3. The number of esters is 1. The van der Waals surface area contributed by atoms with E-state index >= 15 is 0 Å². The highest BCUT2D eigenvalue weighted by Crippen LogP contribution is 2.32. The summed E-state index contributed by atoms with van der Waals surface area (Å²) in [5.74, 6) is -0.441. The topological polar surface area (TPSA) is 69.9 Å². The van der Waals surface area contributed by atoms with Crippen molar-refractivity contribution >= 4 is 39.5 Å². The van der Waals surface area contributed by atoms with Crippen molar-refractivity contribution in [2.24, 2.45) is 0 Å². The maximum Gasteiger partial charge on any atom is 0.340 e. The van der Waals surface area contributed by atoms with Crippen LogP contribution < -0.4 is 0 Å². The van der Waals surface area contributed by atoms with E-state index in [1.54, 1.807) is 31.0 Å². The highest BCUT2D eigenvalue weighted by atomic mass is 35.5. The zero-order chi connectivity index (χ0) is 20.7. The van der Waals surface area contributed by atoms with E-state index in [4.69, 9.17) is 16.3 Å². The number of pyridine rings is 2. The lowest BCUT2D eigenvalue weighted by Crippen LogP contribution is -2.03. The minimum absolute atomic E-state index is 0.400. The van der Waals surface area contributed by atoms with E-state index in [-0.39, 0.29) is 0 Å². The van der Waals surface area contributed by atoms with Gasteiger partial charge in [0.2, 0.25) is 0 Å². The molecule has 0 amide bonds. The number of nitrogens with zero attached hydrogens (tertiary/aromatic N) is 4. The lowest BCUT2D eigenvalue weighted by molar-refractivity contribution is 0.0603. The Morgan fingerprint density at radius 1 is 0.967 bits per heavy atom. The van der Waals surface area contributed by atoms with Crippen LogP contribution in [0.25, 0.3) is 38.8 Å². The largest absolute Gasteiger partial charge is 0.465 e. The van der Waals surface area contributed by atoms with Crippen LogP contribution in [0.3, 0.4) is 0 Å². The third-order valence-electron chi connectivity index (χ3n) is 5.03. The number of hydrogen-bond acceptors (Lipinski definition) is 5. The van der Waals surface area contributed by atoms with Gasteiger partial charge in [-0.25, -0.2) is 9.78 Å². The first-order chi connectivity index (χ1) is 14.7. The van der Waals surface area contributed by atoms with Crippen molar-refractivity contribution in [1.82, 2.24) is 19.5 Å². The van der Waals surface area contributed by atoms with Gasteiger partial charge in [-0.15, -0.1) is 0 Å². The normalized spacial score (nSPS) is 11.1. The van der Waals surface area contributed by atoms with Crippen LogP contribution >= 0.6 is 11.6 Å². The number of ether oxygens (including phenoxy) is 1. The smallest absolute Gasteiger partial charge is 0.340 e. The molecule has 5 aromatic rings. The molecule has 0 saturated heterocycles. The number of aromatic nitrogens is 4. The molecule has 0 aliphatic carbocycles. The molecule has 0 atom stereocenters. The number of carbonyl (C=O) groups is 1. The summed E-state index contributed by atoms with van der Waals surface area (Å²) < 4.78 is 6.95. The quantitative estimate of drug-likeness (QED) is 0.385. The van der Waals surface area contributed by atoms with Crippen molar-refractivity contribution in [3.05, 3.63) is 84.0 Å². The summed E-state index contributed by atoms with van der Waals surface area (Å²) in [4.78, 5) is 25.5. The fourth-order valence-corrected chi connectivity index (χ4v) is 3.84. The standard InChI is InChI=1S/C23H15ClN4O2/c1-30-23(29)17-11-15(14-5-8-25-9-6-14)12-20-22(17)27-13-28(20)19-7-10-26-21-16(19)3-2-4-18(21)24/h2-13H,1H3. The van der Waals surface area contributed by atoms with Gasteiger partial charge in [0.05, 0.1) is 34.4 Å². The maximum absolute atomic E-state index is 12.5. The van der Waals surface area contributed by atoms with E-state index in [2.05, 4.69) is 15.0 Å². The molecule has 0 aliphatic heterocycles. The Morgan fingerprint density at radius 2 is 1.80 bits per heavy atom.